The fourth-order valence-corrected chi connectivity index (χ4v) is 4.60. The molecule has 29 heavy (non-hydrogen) atoms. The van der Waals surface area contributed by atoms with E-state index in [0.29, 0.717) is 30.9 Å². The smallest absolute Gasteiger partial charge is 0.265 e. The van der Waals surface area contributed by atoms with Crippen molar-refractivity contribution in [3.05, 3.63) is 52.5 Å². The number of anilines is 1. The lowest BCUT2D eigenvalue weighted by atomic mass is 10.1. The number of ether oxygens (including phenoxy) is 2. The lowest BCUT2D eigenvalue weighted by molar-refractivity contribution is -0.0226. The van der Waals surface area contributed by atoms with Crippen LogP contribution in [0.5, 0.6) is 5.75 Å². The molecule has 1 saturated heterocycles. The van der Waals surface area contributed by atoms with Gasteiger partial charge in [0.1, 0.15) is 10.6 Å². The van der Waals surface area contributed by atoms with E-state index in [2.05, 4.69) is 20.7 Å². The van der Waals surface area contributed by atoms with Crippen LogP contribution in [0, 0.1) is 0 Å². The molecule has 0 bridgehead atoms. The van der Waals surface area contributed by atoms with Crippen LogP contribution in [0.3, 0.4) is 0 Å². The molecular formula is C20H23BrN2O5S. The highest BCUT2D eigenvalue weighted by atomic mass is 79.9. The Morgan fingerprint density at radius 2 is 2.00 bits per heavy atom. The summed E-state index contributed by atoms with van der Waals surface area (Å²) in [5.74, 6) is -0.0610. The normalized spacial score (nSPS) is 17.1. The fraction of sp³-hybridized carbons (Fsp3) is 0.350. The van der Waals surface area contributed by atoms with Gasteiger partial charge >= 0.3 is 0 Å². The molecule has 0 saturated carbocycles. The SMILES string of the molecule is CC[C@H]1CN(C(=O)c2ccc(OC)c(S(=O)(=O)Nc3ccc(Br)cc3)c2)CCO1. The maximum atomic E-state index is 13.0. The third-order valence-electron chi connectivity index (χ3n) is 4.68. The van der Waals surface area contributed by atoms with E-state index in [-0.39, 0.29) is 22.7 Å². The number of carbonyl (C=O) groups is 1. The van der Waals surface area contributed by atoms with Gasteiger partial charge in [0.15, 0.2) is 0 Å². The number of amides is 1. The Labute approximate surface area is 179 Å². The van der Waals surface area contributed by atoms with Crippen molar-refractivity contribution in [2.24, 2.45) is 0 Å². The van der Waals surface area contributed by atoms with Crippen molar-refractivity contribution in [2.45, 2.75) is 24.3 Å². The van der Waals surface area contributed by atoms with Gasteiger partial charge in [0.05, 0.1) is 19.8 Å². The van der Waals surface area contributed by atoms with E-state index in [9.17, 15) is 13.2 Å². The van der Waals surface area contributed by atoms with Crippen LogP contribution in [0.25, 0.3) is 0 Å². The molecule has 1 fully saturated rings. The molecule has 1 N–H and O–H groups in total. The summed E-state index contributed by atoms with van der Waals surface area (Å²) in [5.41, 5.74) is 0.699. The summed E-state index contributed by atoms with van der Waals surface area (Å²) in [7, 11) is -2.56. The summed E-state index contributed by atoms with van der Waals surface area (Å²) < 4.78 is 40.1. The van der Waals surface area contributed by atoms with Crippen LogP contribution in [0.2, 0.25) is 0 Å². The molecule has 0 spiro atoms. The van der Waals surface area contributed by atoms with Gasteiger partial charge in [0.2, 0.25) is 0 Å². The van der Waals surface area contributed by atoms with Gasteiger partial charge in [0, 0.05) is 28.8 Å². The zero-order chi connectivity index (χ0) is 21.0. The summed E-state index contributed by atoms with van der Waals surface area (Å²) in [6.45, 7) is 3.43. The third-order valence-corrected chi connectivity index (χ3v) is 6.61. The van der Waals surface area contributed by atoms with Crippen LogP contribution in [-0.2, 0) is 14.8 Å². The summed E-state index contributed by atoms with van der Waals surface area (Å²) >= 11 is 3.32. The molecule has 2 aromatic rings. The maximum absolute atomic E-state index is 13.0. The van der Waals surface area contributed by atoms with Crippen LogP contribution in [0.1, 0.15) is 23.7 Å². The number of hydrogen-bond donors (Lipinski definition) is 1. The van der Waals surface area contributed by atoms with E-state index < -0.39 is 10.0 Å². The first kappa shape index (κ1) is 21.6. The predicted molar refractivity (Wildman–Crippen MR) is 114 cm³/mol. The number of nitrogens with one attached hydrogen (secondary N) is 1. The zero-order valence-electron chi connectivity index (χ0n) is 16.2. The summed E-state index contributed by atoms with van der Waals surface area (Å²) in [6, 6.07) is 11.2. The van der Waals surface area contributed by atoms with E-state index in [0.717, 1.165) is 10.9 Å². The highest BCUT2D eigenvalue weighted by Gasteiger charge is 2.27. The van der Waals surface area contributed by atoms with Gasteiger partial charge in [-0.25, -0.2) is 8.42 Å². The number of methoxy groups -OCH3 is 1. The molecule has 1 heterocycles. The molecule has 1 atom stereocenters. The number of morpholine rings is 1. The Hall–Kier alpha value is -2.10. The van der Waals surface area contributed by atoms with Crippen molar-refractivity contribution in [1.82, 2.24) is 4.90 Å². The first-order valence-electron chi connectivity index (χ1n) is 9.21. The lowest BCUT2D eigenvalue weighted by Gasteiger charge is -2.32. The topological polar surface area (TPSA) is 84.9 Å². The molecule has 1 amide bonds. The highest BCUT2D eigenvalue weighted by Crippen LogP contribution is 2.28. The first-order valence-corrected chi connectivity index (χ1v) is 11.5. The minimum absolute atomic E-state index is 0.00628. The van der Waals surface area contributed by atoms with E-state index in [4.69, 9.17) is 9.47 Å². The van der Waals surface area contributed by atoms with Crippen molar-refractivity contribution in [1.29, 1.82) is 0 Å². The molecule has 0 unspecified atom stereocenters. The minimum Gasteiger partial charge on any atom is -0.495 e. The van der Waals surface area contributed by atoms with Crippen molar-refractivity contribution in [3.8, 4) is 5.75 Å². The number of sulfonamides is 1. The van der Waals surface area contributed by atoms with Crippen LogP contribution in [-0.4, -0.2) is 52.1 Å². The van der Waals surface area contributed by atoms with Crippen LogP contribution in [0.15, 0.2) is 51.8 Å². The second kappa shape index (κ2) is 9.15. The van der Waals surface area contributed by atoms with E-state index in [1.165, 1.54) is 19.2 Å². The molecular weight excluding hydrogens is 460 g/mol. The van der Waals surface area contributed by atoms with E-state index in [1.54, 1.807) is 35.2 Å². The molecule has 9 heteroatoms. The number of benzene rings is 2. The Balaban J connectivity index is 1.90. The molecule has 1 aliphatic heterocycles. The van der Waals surface area contributed by atoms with Gasteiger partial charge in [-0.1, -0.05) is 22.9 Å². The maximum Gasteiger partial charge on any atom is 0.265 e. The minimum atomic E-state index is -3.96. The molecule has 7 nitrogen and oxygen atoms in total. The number of rotatable bonds is 6. The summed E-state index contributed by atoms with van der Waals surface area (Å²) in [5, 5.41) is 0. The lowest BCUT2D eigenvalue weighted by Crippen LogP contribution is -2.45. The van der Waals surface area contributed by atoms with Crippen LogP contribution < -0.4 is 9.46 Å². The summed E-state index contributed by atoms with van der Waals surface area (Å²) in [6.07, 6.45) is 0.802. The Morgan fingerprint density at radius 1 is 1.28 bits per heavy atom. The number of nitrogens with zero attached hydrogens (tertiary/aromatic N) is 1. The van der Waals surface area contributed by atoms with Crippen molar-refractivity contribution in [3.63, 3.8) is 0 Å². The second-order valence-electron chi connectivity index (χ2n) is 6.63. The molecule has 1 aliphatic rings. The summed E-state index contributed by atoms with van der Waals surface area (Å²) in [4.78, 5) is 14.5. The van der Waals surface area contributed by atoms with Crippen LogP contribution >= 0.6 is 15.9 Å². The molecule has 0 radical (unpaired) electrons. The average molecular weight is 483 g/mol. The Kier molecular flexibility index (Phi) is 6.81. The molecule has 156 valence electrons. The second-order valence-corrected chi connectivity index (χ2v) is 9.20. The average Bonchev–Trinajstić information content (AvgIpc) is 2.74. The Morgan fingerprint density at radius 3 is 2.66 bits per heavy atom. The van der Waals surface area contributed by atoms with Crippen LogP contribution in [0.4, 0.5) is 5.69 Å². The highest BCUT2D eigenvalue weighted by molar-refractivity contribution is 9.10. The van der Waals surface area contributed by atoms with E-state index >= 15 is 0 Å². The largest absolute Gasteiger partial charge is 0.495 e. The van der Waals surface area contributed by atoms with Gasteiger partial charge in [-0.15, -0.1) is 0 Å². The monoisotopic (exact) mass is 482 g/mol. The molecule has 3 rings (SSSR count). The number of halogens is 1. The molecule has 0 aliphatic carbocycles. The van der Waals surface area contributed by atoms with E-state index in [1.807, 2.05) is 6.92 Å². The Bertz CT molecular complexity index is 979. The molecule has 0 aromatic heterocycles. The van der Waals surface area contributed by atoms with Gasteiger partial charge in [-0.2, -0.15) is 0 Å². The zero-order valence-corrected chi connectivity index (χ0v) is 18.6. The van der Waals surface area contributed by atoms with Gasteiger partial charge < -0.3 is 14.4 Å². The predicted octanol–water partition coefficient (Wildman–Crippen LogP) is 3.51. The standard InChI is InChI=1S/C20H23BrN2O5S/c1-3-17-13-23(10-11-28-17)20(24)14-4-9-18(27-2)19(12-14)29(25,26)22-16-7-5-15(21)6-8-16/h4-9,12,17,22H,3,10-11,13H2,1-2H3/t17-/m0/s1. The van der Waals surface area contributed by atoms with Gasteiger partial charge in [0.25, 0.3) is 15.9 Å². The molecule has 2 aromatic carbocycles. The third kappa shape index (κ3) is 5.09. The number of carbonyl (C=O) groups excluding carboxylic acids is 1. The van der Waals surface area contributed by atoms with Crippen molar-refractivity contribution < 1.29 is 22.7 Å². The number of hydrogen-bond acceptors (Lipinski definition) is 5. The van der Waals surface area contributed by atoms with Crippen molar-refractivity contribution >= 4 is 37.5 Å². The van der Waals surface area contributed by atoms with Crippen molar-refractivity contribution in [2.75, 3.05) is 31.5 Å². The first-order chi connectivity index (χ1) is 13.8. The quantitative estimate of drug-likeness (QED) is 0.680. The van der Waals surface area contributed by atoms with Gasteiger partial charge in [-0.05, 0) is 48.9 Å². The van der Waals surface area contributed by atoms with Gasteiger partial charge in [-0.3, -0.25) is 9.52 Å². The fourth-order valence-electron chi connectivity index (χ4n) is 3.08.